The SMILES string of the molecule is COc1ccc2c(c1)C(c1ccc(Cl)cc1)=N[C@@H](CC(=O)NCCN(C)C)c1nnc(C)n1-2. The van der Waals surface area contributed by atoms with Gasteiger partial charge in [-0.25, -0.2) is 0 Å². The molecule has 0 saturated carbocycles. The number of ether oxygens (including phenoxy) is 1. The van der Waals surface area contributed by atoms with E-state index in [0.29, 0.717) is 23.1 Å². The summed E-state index contributed by atoms with van der Waals surface area (Å²) in [5, 5.41) is 12.3. The topological polar surface area (TPSA) is 84.6 Å². The van der Waals surface area contributed by atoms with Crippen LogP contribution in [0.1, 0.15) is 35.2 Å². The van der Waals surface area contributed by atoms with Gasteiger partial charge in [-0.1, -0.05) is 23.7 Å². The number of aliphatic imine (C=N–C) groups is 1. The molecule has 1 N–H and O–H groups in total. The Morgan fingerprint density at radius 3 is 2.64 bits per heavy atom. The average molecular weight is 467 g/mol. The van der Waals surface area contributed by atoms with Crippen molar-refractivity contribution in [3.05, 3.63) is 70.3 Å². The Balaban J connectivity index is 1.81. The number of aryl methyl sites for hydroxylation is 1. The number of aromatic nitrogens is 3. The number of halogens is 1. The van der Waals surface area contributed by atoms with Crippen molar-refractivity contribution in [2.24, 2.45) is 4.99 Å². The third-order valence-electron chi connectivity index (χ3n) is 5.51. The molecular weight excluding hydrogens is 440 g/mol. The highest BCUT2D eigenvalue weighted by atomic mass is 35.5. The summed E-state index contributed by atoms with van der Waals surface area (Å²) in [6, 6.07) is 12.8. The summed E-state index contributed by atoms with van der Waals surface area (Å²) < 4.78 is 7.47. The molecule has 172 valence electrons. The van der Waals surface area contributed by atoms with E-state index < -0.39 is 6.04 Å². The number of methoxy groups -OCH3 is 1. The third kappa shape index (κ3) is 4.91. The fourth-order valence-corrected chi connectivity index (χ4v) is 3.97. The molecule has 33 heavy (non-hydrogen) atoms. The van der Waals surface area contributed by atoms with Crippen molar-refractivity contribution in [1.29, 1.82) is 0 Å². The molecule has 0 saturated heterocycles. The standard InChI is InChI=1S/C24H27ClN6O2/c1-15-28-29-24-20(14-22(32)26-11-12-30(2)3)27-23(16-5-7-17(25)8-6-16)19-13-18(33-4)9-10-21(19)31(15)24/h5-10,13,20H,11-12,14H2,1-4H3,(H,26,32)/t20-/m0/s1. The van der Waals surface area contributed by atoms with E-state index in [9.17, 15) is 4.79 Å². The summed E-state index contributed by atoms with van der Waals surface area (Å²) in [4.78, 5) is 19.9. The highest BCUT2D eigenvalue weighted by Crippen LogP contribution is 2.34. The Hall–Kier alpha value is -3.23. The molecule has 1 aliphatic heterocycles. The van der Waals surface area contributed by atoms with Gasteiger partial charge in [0, 0.05) is 29.2 Å². The third-order valence-corrected chi connectivity index (χ3v) is 5.76. The summed E-state index contributed by atoms with van der Waals surface area (Å²) >= 11 is 6.14. The van der Waals surface area contributed by atoms with E-state index in [0.717, 1.165) is 34.9 Å². The van der Waals surface area contributed by atoms with Crippen LogP contribution in [-0.2, 0) is 4.79 Å². The van der Waals surface area contributed by atoms with E-state index in [1.807, 2.05) is 73.0 Å². The number of carbonyl (C=O) groups excluding carboxylic acids is 1. The van der Waals surface area contributed by atoms with E-state index in [1.165, 1.54) is 0 Å². The van der Waals surface area contributed by atoms with Gasteiger partial charge < -0.3 is 15.0 Å². The lowest BCUT2D eigenvalue weighted by Crippen LogP contribution is -2.32. The Labute approximate surface area is 198 Å². The van der Waals surface area contributed by atoms with Gasteiger partial charge >= 0.3 is 0 Å². The van der Waals surface area contributed by atoms with Gasteiger partial charge in [-0.3, -0.25) is 14.4 Å². The molecular formula is C24H27ClN6O2. The van der Waals surface area contributed by atoms with Crippen LogP contribution in [0.25, 0.3) is 5.69 Å². The fraction of sp³-hybridized carbons (Fsp3) is 0.333. The number of likely N-dealkylation sites (N-methyl/N-ethyl adjacent to an activating group) is 1. The Kier molecular flexibility index (Phi) is 6.76. The van der Waals surface area contributed by atoms with Crippen LogP contribution in [0.4, 0.5) is 0 Å². The van der Waals surface area contributed by atoms with E-state index in [1.54, 1.807) is 7.11 Å². The molecule has 1 amide bonds. The maximum absolute atomic E-state index is 12.8. The number of hydrogen-bond donors (Lipinski definition) is 1. The monoisotopic (exact) mass is 466 g/mol. The normalized spacial score (nSPS) is 14.8. The van der Waals surface area contributed by atoms with E-state index in [2.05, 4.69) is 15.5 Å². The van der Waals surface area contributed by atoms with Gasteiger partial charge in [0.1, 0.15) is 17.6 Å². The fourth-order valence-electron chi connectivity index (χ4n) is 3.84. The lowest BCUT2D eigenvalue weighted by molar-refractivity contribution is -0.121. The summed E-state index contributed by atoms with van der Waals surface area (Å²) in [5.41, 5.74) is 3.40. The maximum atomic E-state index is 12.8. The molecule has 0 fully saturated rings. The number of benzene rings is 2. The van der Waals surface area contributed by atoms with Crippen LogP contribution in [0, 0.1) is 6.92 Å². The van der Waals surface area contributed by atoms with Crippen LogP contribution in [0.2, 0.25) is 5.02 Å². The molecule has 8 nitrogen and oxygen atoms in total. The summed E-state index contributed by atoms with van der Waals surface area (Å²) in [7, 11) is 5.57. The van der Waals surface area contributed by atoms with Gasteiger partial charge in [-0.2, -0.15) is 0 Å². The van der Waals surface area contributed by atoms with Gasteiger partial charge in [-0.15, -0.1) is 10.2 Å². The molecule has 3 aromatic rings. The van der Waals surface area contributed by atoms with Crippen molar-refractivity contribution >= 4 is 23.2 Å². The van der Waals surface area contributed by atoms with Crippen molar-refractivity contribution in [3.8, 4) is 11.4 Å². The number of amides is 1. The largest absolute Gasteiger partial charge is 0.497 e. The number of fused-ring (bicyclic) bond motifs is 3. The number of nitrogens with zero attached hydrogens (tertiary/aromatic N) is 5. The second-order valence-electron chi connectivity index (χ2n) is 8.18. The lowest BCUT2D eigenvalue weighted by Gasteiger charge is -2.14. The lowest BCUT2D eigenvalue weighted by atomic mass is 10.00. The molecule has 4 rings (SSSR count). The highest BCUT2D eigenvalue weighted by Gasteiger charge is 2.30. The highest BCUT2D eigenvalue weighted by molar-refractivity contribution is 6.30. The predicted octanol–water partition coefficient (Wildman–Crippen LogP) is 3.20. The smallest absolute Gasteiger partial charge is 0.222 e. The van der Waals surface area contributed by atoms with Gasteiger partial charge in [0.2, 0.25) is 5.91 Å². The second-order valence-corrected chi connectivity index (χ2v) is 8.62. The molecule has 0 radical (unpaired) electrons. The minimum atomic E-state index is -0.505. The minimum Gasteiger partial charge on any atom is -0.497 e. The zero-order valence-electron chi connectivity index (χ0n) is 19.2. The molecule has 0 unspecified atom stereocenters. The molecule has 9 heteroatoms. The number of nitrogens with one attached hydrogen (secondary N) is 1. The first-order valence-electron chi connectivity index (χ1n) is 10.7. The zero-order valence-corrected chi connectivity index (χ0v) is 19.9. The Morgan fingerprint density at radius 2 is 1.94 bits per heavy atom. The maximum Gasteiger partial charge on any atom is 0.222 e. The van der Waals surface area contributed by atoms with Crippen LogP contribution in [0.15, 0.2) is 47.5 Å². The van der Waals surface area contributed by atoms with Crippen molar-refractivity contribution < 1.29 is 9.53 Å². The van der Waals surface area contributed by atoms with Crippen molar-refractivity contribution in [1.82, 2.24) is 25.0 Å². The van der Waals surface area contributed by atoms with Crippen molar-refractivity contribution in [2.45, 2.75) is 19.4 Å². The molecule has 0 spiro atoms. The number of hydrogen-bond acceptors (Lipinski definition) is 6. The first-order chi connectivity index (χ1) is 15.9. The minimum absolute atomic E-state index is 0.0863. The van der Waals surface area contributed by atoms with E-state index in [-0.39, 0.29) is 12.3 Å². The van der Waals surface area contributed by atoms with E-state index in [4.69, 9.17) is 21.3 Å². The van der Waals surface area contributed by atoms with Gasteiger partial charge in [0.25, 0.3) is 0 Å². The van der Waals surface area contributed by atoms with Crippen molar-refractivity contribution in [2.75, 3.05) is 34.3 Å². The molecule has 0 aliphatic carbocycles. The van der Waals surface area contributed by atoms with Crippen LogP contribution in [-0.4, -0.2) is 65.6 Å². The van der Waals surface area contributed by atoms with Crippen LogP contribution >= 0.6 is 11.6 Å². The molecule has 1 aliphatic rings. The zero-order chi connectivity index (χ0) is 23.5. The van der Waals surface area contributed by atoms with Gasteiger partial charge in [0.05, 0.1) is 24.9 Å². The quantitative estimate of drug-likeness (QED) is 0.578. The van der Waals surface area contributed by atoms with Crippen LogP contribution in [0.3, 0.4) is 0 Å². The van der Waals surface area contributed by atoms with Gasteiger partial charge in [0.15, 0.2) is 5.82 Å². The average Bonchev–Trinajstić information content (AvgIpc) is 3.11. The van der Waals surface area contributed by atoms with Crippen LogP contribution < -0.4 is 10.1 Å². The van der Waals surface area contributed by atoms with Gasteiger partial charge in [-0.05, 0) is 51.4 Å². The summed E-state index contributed by atoms with van der Waals surface area (Å²) in [5.74, 6) is 1.98. The molecule has 1 atom stereocenters. The van der Waals surface area contributed by atoms with E-state index >= 15 is 0 Å². The molecule has 2 aromatic carbocycles. The summed E-state index contributed by atoms with van der Waals surface area (Å²) in [6.07, 6.45) is 0.160. The summed E-state index contributed by atoms with van der Waals surface area (Å²) in [6.45, 7) is 3.22. The molecule has 0 bridgehead atoms. The Bertz CT molecular complexity index is 1190. The second kappa shape index (κ2) is 9.72. The Morgan fingerprint density at radius 1 is 1.18 bits per heavy atom. The molecule has 2 heterocycles. The number of rotatable bonds is 7. The van der Waals surface area contributed by atoms with Crippen LogP contribution in [0.5, 0.6) is 5.75 Å². The first-order valence-corrected chi connectivity index (χ1v) is 11.1. The van der Waals surface area contributed by atoms with Crippen molar-refractivity contribution in [3.63, 3.8) is 0 Å². The first kappa shape index (κ1) is 22.9. The molecule has 1 aromatic heterocycles. The number of carbonyl (C=O) groups is 1. The predicted molar refractivity (Wildman–Crippen MR) is 129 cm³/mol.